The van der Waals surface area contributed by atoms with E-state index in [1.807, 2.05) is 0 Å². The summed E-state index contributed by atoms with van der Waals surface area (Å²) in [5, 5.41) is 3.72. The van der Waals surface area contributed by atoms with E-state index in [1.54, 1.807) is 0 Å². The van der Waals surface area contributed by atoms with E-state index in [0.717, 1.165) is 6.54 Å². The Morgan fingerprint density at radius 3 is 2.29 bits per heavy atom. The molecule has 0 fully saturated rings. The van der Waals surface area contributed by atoms with Gasteiger partial charge in [-0.3, -0.25) is 0 Å². The number of rotatable bonds is 4. The lowest BCUT2D eigenvalue weighted by atomic mass is 9.82. The molecule has 21 heavy (non-hydrogen) atoms. The minimum Gasteiger partial charge on any atom is -0.305 e. The Bertz CT molecular complexity index is 584. The maximum atomic E-state index is 3.72. The van der Waals surface area contributed by atoms with Crippen LogP contribution in [0.5, 0.6) is 0 Å². The summed E-state index contributed by atoms with van der Waals surface area (Å²) in [7, 11) is 0. The van der Waals surface area contributed by atoms with E-state index in [-0.39, 0.29) is 5.41 Å². The summed E-state index contributed by atoms with van der Waals surface area (Å²) < 4.78 is 1.17. The molecule has 112 valence electrons. The molecule has 0 aromatic heterocycles. The second kappa shape index (κ2) is 6.76. The molecule has 0 heterocycles. The van der Waals surface area contributed by atoms with Crippen LogP contribution in [0.1, 0.15) is 43.5 Å². The molecule has 2 heteroatoms. The van der Waals surface area contributed by atoms with Gasteiger partial charge >= 0.3 is 0 Å². The predicted molar refractivity (Wildman–Crippen MR) is 94.4 cm³/mol. The van der Waals surface area contributed by atoms with E-state index < -0.39 is 0 Å². The van der Waals surface area contributed by atoms with Crippen LogP contribution in [0.4, 0.5) is 0 Å². The summed E-state index contributed by atoms with van der Waals surface area (Å²) in [5.74, 6) is 0. The van der Waals surface area contributed by atoms with Gasteiger partial charge in [0.25, 0.3) is 0 Å². The minimum absolute atomic E-state index is 0.170. The average Bonchev–Trinajstić information content (AvgIpc) is 2.43. The van der Waals surface area contributed by atoms with Crippen molar-refractivity contribution in [3.8, 4) is 0 Å². The van der Waals surface area contributed by atoms with Crippen molar-refractivity contribution in [1.82, 2.24) is 5.32 Å². The highest BCUT2D eigenvalue weighted by Crippen LogP contribution is 2.33. The van der Waals surface area contributed by atoms with Crippen LogP contribution in [-0.2, 0) is 6.54 Å². The average molecular weight is 346 g/mol. The third-order valence-electron chi connectivity index (χ3n) is 3.75. The normalized spacial score (nSPS) is 13.2. The molecule has 2 rings (SSSR count). The van der Waals surface area contributed by atoms with Gasteiger partial charge in [-0.25, -0.2) is 0 Å². The second-order valence-corrected chi connectivity index (χ2v) is 7.53. The van der Waals surface area contributed by atoms with Crippen LogP contribution in [-0.4, -0.2) is 0 Å². The molecule has 0 amide bonds. The van der Waals surface area contributed by atoms with Crippen molar-refractivity contribution >= 4 is 15.9 Å². The monoisotopic (exact) mass is 345 g/mol. The van der Waals surface area contributed by atoms with Crippen LogP contribution in [0.15, 0.2) is 53.0 Å². The molecule has 0 aliphatic carbocycles. The Kier molecular flexibility index (Phi) is 5.23. The third-order valence-corrected chi connectivity index (χ3v) is 4.60. The number of nitrogens with one attached hydrogen (secondary N) is 1. The van der Waals surface area contributed by atoms with Gasteiger partial charge in [-0.15, -0.1) is 0 Å². The van der Waals surface area contributed by atoms with E-state index in [0.29, 0.717) is 6.04 Å². The first-order valence-electron chi connectivity index (χ1n) is 7.41. The Morgan fingerprint density at radius 2 is 1.71 bits per heavy atom. The zero-order valence-corrected chi connectivity index (χ0v) is 14.9. The zero-order valence-electron chi connectivity index (χ0n) is 13.3. The van der Waals surface area contributed by atoms with Crippen molar-refractivity contribution < 1.29 is 0 Å². The first-order valence-corrected chi connectivity index (χ1v) is 8.20. The summed E-state index contributed by atoms with van der Waals surface area (Å²) >= 11 is 3.61. The molecule has 0 spiro atoms. The van der Waals surface area contributed by atoms with Gasteiger partial charge in [0.05, 0.1) is 0 Å². The molecular formula is C19H24BrN. The van der Waals surface area contributed by atoms with E-state index >= 15 is 0 Å². The topological polar surface area (TPSA) is 12.0 Å². The molecule has 0 bridgehead atoms. The van der Waals surface area contributed by atoms with Gasteiger partial charge in [-0.1, -0.05) is 79.2 Å². The first-order chi connectivity index (χ1) is 9.88. The van der Waals surface area contributed by atoms with Crippen LogP contribution in [0, 0.1) is 12.3 Å². The first kappa shape index (κ1) is 16.3. The summed E-state index contributed by atoms with van der Waals surface area (Å²) in [5.41, 5.74) is 4.09. The van der Waals surface area contributed by atoms with Crippen LogP contribution in [0.25, 0.3) is 0 Å². The smallest absolute Gasteiger partial charge is 0.0372 e. The lowest BCUT2D eigenvalue weighted by Gasteiger charge is -2.32. The van der Waals surface area contributed by atoms with Gasteiger partial charge in [0.2, 0.25) is 0 Å². The van der Waals surface area contributed by atoms with Crippen LogP contribution in [0.3, 0.4) is 0 Å². The Balaban J connectivity index is 2.15. The van der Waals surface area contributed by atoms with Crippen molar-refractivity contribution in [2.75, 3.05) is 0 Å². The van der Waals surface area contributed by atoms with Crippen molar-refractivity contribution in [2.45, 2.75) is 40.3 Å². The molecule has 0 aliphatic rings. The fourth-order valence-corrected chi connectivity index (χ4v) is 2.96. The highest BCUT2D eigenvalue weighted by atomic mass is 79.9. The number of hydrogen-bond donors (Lipinski definition) is 1. The number of hydrogen-bond acceptors (Lipinski definition) is 1. The number of halogens is 1. The molecular weight excluding hydrogens is 322 g/mol. The highest BCUT2D eigenvalue weighted by Gasteiger charge is 2.25. The zero-order chi connectivity index (χ0) is 15.5. The number of aryl methyl sites for hydroxylation is 1. The van der Waals surface area contributed by atoms with Crippen molar-refractivity contribution in [3.63, 3.8) is 0 Å². The quantitative estimate of drug-likeness (QED) is 0.756. The molecule has 1 nitrogen and oxygen atoms in total. The summed E-state index contributed by atoms with van der Waals surface area (Å²) in [6, 6.07) is 17.6. The Morgan fingerprint density at radius 1 is 1.05 bits per heavy atom. The molecule has 0 saturated carbocycles. The number of benzene rings is 2. The van der Waals surface area contributed by atoms with Gasteiger partial charge in [-0.2, -0.15) is 0 Å². The fourth-order valence-electron chi connectivity index (χ4n) is 2.54. The molecule has 0 saturated heterocycles. The lowest BCUT2D eigenvalue weighted by Crippen LogP contribution is -2.32. The summed E-state index contributed by atoms with van der Waals surface area (Å²) in [6.45, 7) is 9.83. The standard InChI is InChI=1S/C19H24BrN/c1-14-10-11-15(12-17(14)20)13-21-18(19(2,3)4)16-8-6-5-7-9-16/h5-12,18,21H,13H2,1-4H3. The second-order valence-electron chi connectivity index (χ2n) is 6.67. The predicted octanol–water partition coefficient (Wildman–Crippen LogP) is 5.63. The molecule has 0 aliphatic heterocycles. The van der Waals surface area contributed by atoms with Crippen molar-refractivity contribution in [1.29, 1.82) is 0 Å². The Hall–Kier alpha value is -1.12. The van der Waals surface area contributed by atoms with E-state index in [1.165, 1.54) is 21.2 Å². The SMILES string of the molecule is Cc1ccc(CNC(c2ccccc2)C(C)(C)C)cc1Br. The van der Waals surface area contributed by atoms with Crippen molar-refractivity contribution in [3.05, 3.63) is 69.7 Å². The molecule has 0 radical (unpaired) electrons. The van der Waals surface area contributed by atoms with Gasteiger partial charge in [-0.05, 0) is 35.1 Å². The molecule has 2 aromatic rings. The largest absolute Gasteiger partial charge is 0.305 e. The molecule has 1 N–H and O–H groups in total. The van der Waals surface area contributed by atoms with Gasteiger partial charge in [0, 0.05) is 17.1 Å². The summed E-state index contributed by atoms with van der Waals surface area (Å²) in [4.78, 5) is 0. The highest BCUT2D eigenvalue weighted by molar-refractivity contribution is 9.10. The molecule has 2 aromatic carbocycles. The molecule has 1 unspecified atom stereocenters. The summed E-state index contributed by atoms with van der Waals surface area (Å²) in [6.07, 6.45) is 0. The van der Waals surface area contributed by atoms with E-state index in [4.69, 9.17) is 0 Å². The lowest BCUT2D eigenvalue weighted by molar-refractivity contribution is 0.271. The van der Waals surface area contributed by atoms with Gasteiger partial charge in [0.1, 0.15) is 0 Å². The maximum absolute atomic E-state index is 3.72. The fraction of sp³-hybridized carbons (Fsp3) is 0.368. The van der Waals surface area contributed by atoms with E-state index in [9.17, 15) is 0 Å². The van der Waals surface area contributed by atoms with E-state index in [2.05, 4.69) is 97.5 Å². The minimum atomic E-state index is 0.170. The van der Waals surface area contributed by atoms with Gasteiger partial charge < -0.3 is 5.32 Å². The van der Waals surface area contributed by atoms with Crippen LogP contribution < -0.4 is 5.32 Å². The van der Waals surface area contributed by atoms with Crippen molar-refractivity contribution in [2.24, 2.45) is 5.41 Å². The van der Waals surface area contributed by atoms with Gasteiger partial charge in [0.15, 0.2) is 0 Å². The Labute approximate surface area is 136 Å². The van der Waals surface area contributed by atoms with Crippen LogP contribution in [0.2, 0.25) is 0 Å². The third kappa shape index (κ3) is 4.42. The molecule has 1 atom stereocenters. The van der Waals surface area contributed by atoms with Crippen LogP contribution >= 0.6 is 15.9 Å². The maximum Gasteiger partial charge on any atom is 0.0372 e.